The van der Waals surface area contributed by atoms with E-state index in [4.69, 9.17) is 9.57 Å². The Bertz CT molecular complexity index is 1490. The second kappa shape index (κ2) is 7.98. The number of nitrogens with zero attached hydrogens (tertiary/aromatic N) is 4. The first-order valence-electron chi connectivity index (χ1n) is 11.7. The standard InChI is InChI=1S/C26H26N4O4S/c1-18-16-29(17-27-18)22-10-9-19(15-23(22)33-2)14-20-6-5-12-30-25(20)28-34-26(30)11-13-35(31,32)24-8-4-3-7-21(24)26/h3-4,7-10,14-17H,5-6,11-13H2,1-2H3. The minimum atomic E-state index is -3.33. The smallest absolute Gasteiger partial charge is 0.239 e. The molecule has 0 N–H and O–H groups in total. The van der Waals surface area contributed by atoms with Crippen LogP contribution in [0.1, 0.15) is 36.1 Å². The topological polar surface area (TPSA) is 86.0 Å². The number of piperidine rings is 1. The van der Waals surface area contributed by atoms with Crippen molar-refractivity contribution in [3.05, 3.63) is 77.4 Å². The molecule has 6 rings (SSSR count). The number of oxime groups is 1. The Kier molecular flexibility index (Phi) is 5.00. The Morgan fingerprint density at radius 2 is 2.06 bits per heavy atom. The number of aryl methyl sites for hydroxylation is 1. The summed E-state index contributed by atoms with van der Waals surface area (Å²) >= 11 is 0. The molecule has 35 heavy (non-hydrogen) atoms. The molecule has 1 saturated heterocycles. The molecular weight excluding hydrogens is 464 g/mol. The first-order chi connectivity index (χ1) is 16.9. The van der Waals surface area contributed by atoms with Crippen molar-refractivity contribution in [3.63, 3.8) is 0 Å². The number of fused-ring (bicyclic) bond motifs is 4. The summed E-state index contributed by atoms with van der Waals surface area (Å²) in [6, 6.07) is 13.2. The van der Waals surface area contributed by atoms with Crippen molar-refractivity contribution in [2.24, 2.45) is 5.16 Å². The van der Waals surface area contributed by atoms with Crippen LogP contribution in [0.25, 0.3) is 11.8 Å². The number of hydrogen-bond donors (Lipinski definition) is 0. The van der Waals surface area contributed by atoms with Crippen molar-refractivity contribution in [2.45, 2.75) is 36.8 Å². The van der Waals surface area contributed by atoms with Gasteiger partial charge in [0.2, 0.25) is 5.72 Å². The predicted molar refractivity (Wildman–Crippen MR) is 132 cm³/mol. The van der Waals surface area contributed by atoms with Crippen LogP contribution in [0.3, 0.4) is 0 Å². The minimum absolute atomic E-state index is 0.0365. The fraction of sp³-hybridized carbons (Fsp3) is 0.308. The highest BCUT2D eigenvalue weighted by Gasteiger charge is 2.54. The molecule has 1 unspecified atom stereocenters. The zero-order valence-corrected chi connectivity index (χ0v) is 20.5. The quantitative estimate of drug-likeness (QED) is 0.551. The Hall–Kier alpha value is -3.59. The summed E-state index contributed by atoms with van der Waals surface area (Å²) in [5.41, 5.74) is 3.71. The van der Waals surface area contributed by atoms with Gasteiger partial charge < -0.3 is 19.0 Å². The average Bonchev–Trinajstić information content (AvgIpc) is 3.47. The van der Waals surface area contributed by atoms with Crippen molar-refractivity contribution in [3.8, 4) is 11.4 Å². The number of benzene rings is 2. The lowest BCUT2D eigenvalue weighted by molar-refractivity contribution is -0.112. The lowest BCUT2D eigenvalue weighted by atomic mass is 9.92. The number of rotatable bonds is 3. The van der Waals surface area contributed by atoms with Crippen LogP contribution in [0.5, 0.6) is 5.75 Å². The summed E-state index contributed by atoms with van der Waals surface area (Å²) in [7, 11) is -1.67. The molecule has 4 heterocycles. The number of amidine groups is 1. The molecule has 1 fully saturated rings. The van der Waals surface area contributed by atoms with E-state index in [0.29, 0.717) is 16.9 Å². The second-order valence-corrected chi connectivity index (χ2v) is 11.2. The molecule has 2 aromatic carbocycles. The van der Waals surface area contributed by atoms with E-state index >= 15 is 0 Å². The molecule has 1 atom stereocenters. The predicted octanol–water partition coefficient (Wildman–Crippen LogP) is 4.04. The van der Waals surface area contributed by atoms with Crippen LogP contribution in [0, 0.1) is 6.92 Å². The van der Waals surface area contributed by atoms with Gasteiger partial charge in [-0.2, -0.15) is 0 Å². The highest BCUT2D eigenvalue weighted by molar-refractivity contribution is 7.91. The van der Waals surface area contributed by atoms with Crippen molar-refractivity contribution in [1.29, 1.82) is 0 Å². The molecule has 8 nitrogen and oxygen atoms in total. The van der Waals surface area contributed by atoms with E-state index in [-0.39, 0.29) is 5.75 Å². The van der Waals surface area contributed by atoms with Crippen molar-refractivity contribution in [2.75, 3.05) is 19.4 Å². The summed E-state index contributed by atoms with van der Waals surface area (Å²) in [6.07, 6.45) is 7.98. The summed E-state index contributed by atoms with van der Waals surface area (Å²) < 4.78 is 33.1. The van der Waals surface area contributed by atoms with Crippen LogP contribution in [0.4, 0.5) is 0 Å². The summed E-state index contributed by atoms with van der Waals surface area (Å²) in [5, 5.41) is 4.51. The zero-order chi connectivity index (χ0) is 24.2. The largest absolute Gasteiger partial charge is 0.495 e. The van der Waals surface area contributed by atoms with Crippen LogP contribution in [0.2, 0.25) is 0 Å². The molecule has 0 aliphatic carbocycles. The molecule has 1 spiro atoms. The van der Waals surface area contributed by atoms with E-state index in [1.54, 1.807) is 25.6 Å². The average molecular weight is 491 g/mol. The summed E-state index contributed by atoms with van der Waals surface area (Å²) in [6.45, 7) is 2.71. The fourth-order valence-electron chi connectivity index (χ4n) is 5.29. The molecule has 0 radical (unpaired) electrons. The normalized spacial score (nSPS) is 23.5. The maximum atomic E-state index is 12.7. The van der Waals surface area contributed by atoms with Gasteiger partial charge in [0.25, 0.3) is 0 Å². The molecule has 0 saturated carbocycles. The van der Waals surface area contributed by atoms with Gasteiger partial charge in [-0.25, -0.2) is 13.4 Å². The maximum Gasteiger partial charge on any atom is 0.239 e. The van der Waals surface area contributed by atoms with Crippen LogP contribution in [0.15, 0.2) is 70.6 Å². The number of ether oxygens (including phenoxy) is 1. The Morgan fingerprint density at radius 3 is 2.86 bits per heavy atom. The van der Waals surface area contributed by atoms with E-state index in [0.717, 1.165) is 53.5 Å². The van der Waals surface area contributed by atoms with Gasteiger partial charge in [0, 0.05) is 24.7 Å². The number of imidazole rings is 1. The van der Waals surface area contributed by atoms with Gasteiger partial charge in [0.05, 0.1) is 35.5 Å². The van der Waals surface area contributed by atoms with Crippen molar-refractivity contribution >= 4 is 21.7 Å². The number of sulfone groups is 1. The lowest BCUT2D eigenvalue weighted by Gasteiger charge is -2.42. The van der Waals surface area contributed by atoms with Crippen LogP contribution in [-0.4, -0.2) is 48.1 Å². The summed E-state index contributed by atoms with van der Waals surface area (Å²) in [5.74, 6) is 1.56. The van der Waals surface area contributed by atoms with E-state index in [2.05, 4.69) is 21.1 Å². The Balaban J connectivity index is 1.36. The molecule has 9 heteroatoms. The van der Waals surface area contributed by atoms with Crippen LogP contribution in [-0.2, 0) is 20.4 Å². The van der Waals surface area contributed by atoms with E-state index in [9.17, 15) is 8.42 Å². The third-order valence-corrected chi connectivity index (χ3v) is 8.74. The molecule has 3 aliphatic rings. The Morgan fingerprint density at radius 1 is 1.20 bits per heavy atom. The number of aromatic nitrogens is 2. The molecule has 0 amide bonds. The first-order valence-corrected chi connectivity index (χ1v) is 13.3. The van der Waals surface area contributed by atoms with Crippen molar-refractivity contribution < 1.29 is 18.0 Å². The van der Waals surface area contributed by atoms with Gasteiger partial charge >= 0.3 is 0 Å². The van der Waals surface area contributed by atoms with Crippen LogP contribution >= 0.6 is 0 Å². The number of hydrogen-bond acceptors (Lipinski definition) is 7. The maximum absolute atomic E-state index is 12.7. The van der Waals surface area contributed by atoms with E-state index < -0.39 is 15.6 Å². The SMILES string of the molecule is COc1cc(C=C2CCCN3C2=NOC32CCS(=O)(=O)c3ccccc32)ccc1-n1cnc(C)c1. The highest BCUT2D eigenvalue weighted by atomic mass is 32.2. The van der Waals surface area contributed by atoms with Gasteiger partial charge in [-0.1, -0.05) is 29.4 Å². The van der Waals surface area contributed by atoms with Gasteiger partial charge in [0.15, 0.2) is 15.7 Å². The lowest BCUT2D eigenvalue weighted by Crippen LogP contribution is -2.52. The third kappa shape index (κ3) is 3.44. The van der Waals surface area contributed by atoms with Gasteiger partial charge in [-0.15, -0.1) is 0 Å². The monoisotopic (exact) mass is 490 g/mol. The molecule has 3 aromatic rings. The molecule has 180 valence electrons. The Labute approximate surface area is 204 Å². The van der Waals surface area contributed by atoms with Gasteiger partial charge in [-0.05, 0) is 55.2 Å². The van der Waals surface area contributed by atoms with E-state index in [1.807, 2.05) is 48.0 Å². The fourth-order valence-corrected chi connectivity index (χ4v) is 6.90. The molecular formula is C26H26N4O4S. The molecule has 0 bridgehead atoms. The highest BCUT2D eigenvalue weighted by Crippen LogP contribution is 2.47. The summed E-state index contributed by atoms with van der Waals surface area (Å²) in [4.78, 5) is 12.9. The van der Waals surface area contributed by atoms with E-state index in [1.165, 1.54) is 0 Å². The van der Waals surface area contributed by atoms with Crippen molar-refractivity contribution in [1.82, 2.24) is 14.5 Å². The number of methoxy groups -OCH3 is 1. The second-order valence-electron chi connectivity index (χ2n) is 9.13. The molecule has 3 aliphatic heterocycles. The zero-order valence-electron chi connectivity index (χ0n) is 19.6. The van der Waals surface area contributed by atoms with Gasteiger partial charge in [-0.3, -0.25) is 0 Å². The first kappa shape index (κ1) is 21.9. The third-order valence-electron chi connectivity index (χ3n) is 6.98. The van der Waals surface area contributed by atoms with Gasteiger partial charge in [0.1, 0.15) is 5.75 Å². The minimum Gasteiger partial charge on any atom is -0.495 e. The molecule has 1 aromatic heterocycles. The van der Waals surface area contributed by atoms with Crippen LogP contribution < -0.4 is 4.74 Å².